The normalized spacial score (nSPS) is 19.8. The molecular weight excluding hydrogens is 350 g/mol. The van der Waals surface area contributed by atoms with Gasteiger partial charge in [0.2, 0.25) is 15.9 Å². The molecule has 6 nitrogen and oxygen atoms in total. The number of hydrogen-bond donors (Lipinski definition) is 0. The molecule has 0 N–H and O–H groups in total. The molecule has 1 atom stereocenters. The van der Waals surface area contributed by atoms with Gasteiger partial charge in [-0.3, -0.25) is 0 Å². The number of aromatic nitrogens is 2. The topological polar surface area (TPSA) is 76.3 Å². The van der Waals surface area contributed by atoms with Crippen LogP contribution in [0, 0.1) is 0 Å². The predicted molar refractivity (Wildman–Crippen MR) is 90.6 cm³/mol. The lowest BCUT2D eigenvalue weighted by molar-refractivity contribution is 0.343. The average Bonchev–Trinajstić information content (AvgIpc) is 3.16. The van der Waals surface area contributed by atoms with E-state index in [0.717, 1.165) is 0 Å². The first-order valence-electron chi connectivity index (χ1n) is 7.78. The van der Waals surface area contributed by atoms with E-state index in [1.807, 2.05) is 20.8 Å². The van der Waals surface area contributed by atoms with E-state index >= 15 is 0 Å². The Morgan fingerprint density at radius 1 is 1.33 bits per heavy atom. The molecule has 1 aromatic carbocycles. The summed E-state index contributed by atoms with van der Waals surface area (Å²) in [4.78, 5) is 4.65. The van der Waals surface area contributed by atoms with Crippen molar-refractivity contribution in [2.45, 2.75) is 43.4 Å². The standard InChI is InChI=1S/C16H20ClN3O3S/c1-16(2,3)15-18-14(23-19-15)11-7-8-20(10-11)24(21,22)13-6-4-5-12(17)9-13/h4-6,9,11H,7-8,10H2,1-3H3/t11-/m1/s1. The Kier molecular flexibility index (Phi) is 4.44. The highest BCUT2D eigenvalue weighted by Crippen LogP contribution is 2.32. The van der Waals surface area contributed by atoms with Gasteiger partial charge in [-0.15, -0.1) is 0 Å². The van der Waals surface area contributed by atoms with Crippen LogP contribution in [0.1, 0.15) is 44.8 Å². The molecule has 2 aromatic rings. The summed E-state index contributed by atoms with van der Waals surface area (Å²) in [6, 6.07) is 6.31. The zero-order chi connectivity index (χ0) is 17.5. The highest BCUT2D eigenvalue weighted by molar-refractivity contribution is 7.89. The van der Waals surface area contributed by atoms with E-state index in [1.54, 1.807) is 18.2 Å². The van der Waals surface area contributed by atoms with Crippen LogP contribution in [0.2, 0.25) is 5.02 Å². The molecule has 1 aromatic heterocycles. The summed E-state index contributed by atoms with van der Waals surface area (Å²) in [5, 5.41) is 4.42. The van der Waals surface area contributed by atoms with Crippen LogP contribution in [-0.4, -0.2) is 36.0 Å². The van der Waals surface area contributed by atoms with Gasteiger partial charge in [-0.1, -0.05) is 43.6 Å². The van der Waals surface area contributed by atoms with Crippen molar-refractivity contribution in [1.29, 1.82) is 0 Å². The minimum absolute atomic E-state index is 0.0810. The molecule has 1 aliphatic heterocycles. The summed E-state index contributed by atoms with van der Waals surface area (Å²) in [6.45, 7) is 6.78. The Morgan fingerprint density at radius 3 is 2.71 bits per heavy atom. The van der Waals surface area contributed by atoms with Gasteiger partial charge in [0, 0.05) is 23.5 Å². The van der Waals surface area contributed by atoms with Crippen LogP contribution in [0.4, 0.5) is 0 Å². The molecule has 1 saturated heterocycles. The second kappa shape index (κ2) is 6.13. The Bertz CT molecular complexity index is 842. The number of rotatable bonds is 3. The molecule has 0 amide bonds. The molecule has 0 saturated carbocycles. The Balaban J connectivity index is 1.79. The third-order valence-corrected chi connectivity index (χ3v) is 6.14. The quantitative estimate of drug-likeness (QED) is 0.830. The molecule has 130 valence electrons. The highest BCUT2D eigenvalue weighted by Gasteiger charge is 2.36. The summed E-state index contributed by atoms with van der Waals surface area (Å²) in [5.41, 5.74) is -0.201. The Hall–Kier alpha value is -1.44. The van der Waals surface area contributed by atoms with Crippen LogP contribution in [0.3, 0.4) is 0 Å². The van der Waals surface area contributed by atoms with Gasteiger partial charge < -0.3 is 4.52 Å². The first-order chi connectivity index (χ1) is 11.2. The Labute approximate surface area is 146 Å². The number of benzene rings is 1. The Morgan fingerprint density at radius 2 is 2.08 bits per heavy atom. The van der Waals surface area contributed by atoms with Gasteiger partial charge in [0.15, 0.2) is 5.82 Å². The number of nitrogens with zero attached hydrogens (tertiary/aromatic N) is 3. The summed E-state index contributed by atoms with van der Waals surface area (Å²) >= 11 is 5.91. The van der Waals surface area contributed by atoms with Crippen LogP contribution < -0.4 is 0 Å². The van der Waals surface area contributed by atoms with Crippen molar-refractivity contribution in [3.63, 3.8) is 0 Å². The van der Waals surface area contributed by atoms with Gasteiger partial charge in [0.25, 0.3) is 0 Å². The number of halogens is 1. The fourth-order valence-corrected chi connectivity index (χ4v) is 4.43. The van der Waals surface area contributed by atoms with Crippen LogP contribution >= 0.6 is 11.6 Å². The van der Waals surface area contributed by atoms with Gasteiger partial charge in [-0.2, -0.15) is 9.29 Å². The minimum atomic E-state index is -3.56. The molecule has 8 heteroatoms. The lowest BCUT2D eigenvalue weighted by Crippen LogP contribution is -2.28. The zero-order valence-corrected chi connectivity index (χ0v) is 15.4. The van der Waals surface area contributed by atoms with E-state index in [4.69, 9.17) is 16.1 Å². The van der Waals surface area contributed by atoms with Crippen LogP contribution in [0.5, 0.6) is 0 Å². The monoisotopic (exact) mass is 369 g/mol. The third-order valence-electron chi connectivity index (χ3n) is 4.05. The molecule has 0 bridgehead atoms. The van der Waals surface area contributed by atoms with Crippen LogP contribution in [0.25, 0.3) is 0 Å². The van der Waals surface area contributed by atoms with E-state index in [9.17, 15) is 8.42 Å². The van der Waals surface area contributed by atoms with Gasteiger partial charge in [0.05, 0.1) is 10.8 Å². The maximum Gasteiger partial charge on any atom is 0.243 e. The van der Waals surface area contributed by atoms with Gasteiger partial charge in [0.1, 0.15) is 0 Å². The molecule has 0 unspecified atom stereocenters. The lowest BCUT2D eigenvalue weighted by atomic mass is 9.96. The smallest absolute Gasteiger partial charge is 0.243 e. The zero-order valence-electron chi connectivity index (χ0n) is 13.9. The molecule has 1 fully saturated rings. The largest absolute Gasteiger partial charge is 0.339 e. The molecule has 2 heterocycles. The first-order valence-corrected chi connectivity index (χ1v) is 9.59. The molecule has 3 rings (SSSR count). The summed E-state index contributed by atoms with van der Waals surface area (Å²) in [5.74, 6) is 1.06. The molecule has 0 aliphatic carbocycles. The number of hydrogen-bond acceptors (Lipinski definition) is 5. The van der Waals surface area contributed by atoms with Crippen molar-refractivity contribution in [3.8, 4) is 0 Å². The average molecular weight is 370 g/mol. The molecule has 1 aliphatic rings. The van der Waals surface area contributed by atoms with Crippen molar-refractivity contribution in [2.24, 2.45) is 0 Å². The summed E-state index contributed by atoms with van der Waals surface area (Å²) in [7, 11) is -3.56. The van der Waals surface area contributed by atoms with Crippen molar-refractivity contribution in [2.75, 3.05) is 13.1 Å². The molecular formula is C16H20ClN3O3S. The van der Waals surface area contributed by atoms with Gasteiger partial charge in [-0.05, 0) is 24.6 Å². The maximum atomic E-state index is 12.7. The molecule has 24 heavy (non-hydrogen) atoms. The van der Waals surface area contributed by atoms with Gasteiger partial charge >= 0.3 is 0 Å². The van der Waals surface area contributed by atoms with Crippen LogP contribution in [-0.2, 0) is 15.4 Å². The summed E-state index contributed by atoms with van der Waals surface area (Å²) < 4.78 is 32.3. The molecule has 0 radical (unpaired) electrons. The fraction of sp³-hybridized carbons (Fsp3) is 0.500. The SMILES string of the molecule is CC(C)(C)c1noc([C@@H]2CCN(S(=O)(=O)c3cccc(Cl)c3)C2)n1. The van der Waals surface area contributed by atoms with Crippen LogP contribution in [0.15, 0.2) is 33.7 Å². The van der Waals surface area contributed by atoms with Gasteiger partial charge in [-0.25, -0.2) is 8.42 Å². The third kappa shape index (κ3) is 3.34. The van der Waals surface area contributed by atoms with Crippen molar-refractivity contribution in [1.82, 2.24) is 14.4 Å². The van der Waals surface area contributed by atoms with E-state index in [1.165, 1.54) is 10.4 Å². The second-order valence-corrected chi connectivity index (χ2v) is 9.39. The maximum absolute atomic E-state index is 12.7. The second-order valence-electron chi connectivity index (χ2n) is 7.01. The van der Waals surface area contributed by atoms with E-state index in [2.05, 4.69) is 10.1 Å². The predicted octanol–water partition coefficient (Wildman–Crippen LogP) is 3.20. The fourth-order valence-electron chi connectivity index (χ4n) is 2.63. The molecule has 0 spiro atoms. The van der Waals surface area contributed by atoms with Crippen molar-refractivity contribution < 1.29 is 12.9 Å². The van der Waals surface area contributed by atoms with Crippen molar-refractivity contribution in [3.05, 3.63) is 41.0 Å². The summed E-state index contributed by atoms with van der Waals surface area (Å²) in [6.07, 6.45) is 0.658. The number of sulfonamides is 1. The minimum Gasteiger partial charge on any atom is -0.339 e. The first kappa shape index (κ1) is 17.4. The van der Waals surface area contributed by atoms with E-state index in [-0.39, 0.29) is 16.2 Å². The van der Waals surface area contributed by atoms with E-state index in [0.29, 0.717) is 36.2 Å². The lowest BCUT2D eigenvalue weighted by Gasteiger charge is -2.16. The van der Waals surface area contributed by atoms with Crippen molar-refractivity contribution >= 4 is 21.6 Å². The van der Waals surface area contributed by atoms with E-state index < -0.39 is 10.0 Å². The highest BCUT2D eigenvalue weighted by atomic mass is 35.5.